The number of hydrogen-bond donors (Lipinski definition) is 2. The number of carbonyl (C=O) groups is 1. The van der Waals surface area contributed by atoms with Crippen LogP contribution in [-0.4, -0.2) is 42.8 Å². The van der Waals surface area contributed by atoms with Crippen molar-refractivity contribution in [2.45, 2.75) is 32.4 Å². The molecule has 0 saturated heterocycles. The number of halogens is 1. The molecule has 1 aromatic rings. The highest BCUT2D eigenvalue weighted by atomic mass is 19.1. The highest BCUT2D eigenvalue weighted by Crippen LogP contribution is 2.22. The Bertz CT molecular complexity index is 480. The summed E-state index contributed by atoms with van der Waals surface area (Å²) in [5, 5.41) is 12.0. The first kappa shape index (κ1) is 17.2. The molecule has 2 atom stereocenters. The number of carbonyl (C=O) groups excluding carboxylic acids is 1. The maximum Gasteiger partial charge on any atom is 0.317 e. The molecule has 118 valence electrons. The number of benzene rings is 1. The van der Waals surface area contributed by atoms with Gasteiger partial charge in [-0.2, -0.15) is 0 Å². The van der Waals surface area contributed by atoms with E-state index in [4.69, 9.17) is 4.74 Å². The Labute approximate surface area is 124 Å². The summed E-state index contributed by atoms with van der Waals surface area (Å²) < 4.78 is 18.3. The Hall–Kier alpha value is -1.82. The van der Waals surface area contributed by atoms with E-state index < -0.39 is 11.9 Å². The van der Waals surface area contributed by atoms with E-state index in [-0.39, 0.29) is 17.8 Å². The second-order valence-corrected chi connectivity index (χ2v) is 5.12. The van der Waals surface area contributed by atoms with E-state index in [9.17, 15) is 14.3 Å². The maximum atomic E-state index is 13.4. The van der Waals surface area contributed by atoms with E-state index in [1.807, 2.05) is 6.92 Å². The lowest BCUT2D eigenvalue weighted by molar-refractivity contribution is 0.162. The fraction of sp³-hybridized carbons (Fsp3) is 0.533. The van der Waals surface area contributed by atoms with Crippen LogP contribution in [0.4, 0.5) is 9.18 Å². The van der Waals surface area contributed by atoms with Crippen molar-refractivity contribution < 1.29 is 19.0 Å². The van der Waals surface area contributed by atoms with Gasteiger partial charge >= 0.3 is 6.03 Å². The number of ether oxygens (including phenoxy) is 1. The van der Waals surface area contributed by atoms with Gasteiger partial charge in [-0.1, -0.05) is 6.07 Å². The molecule has 0 saturated carbocycles. The number of nitrogens with one attached hydrogen (secondary N) is 1. The molecule has 0 aliphatic carbocycles. The standard InChI is InChI=1S/C15H23FN2O3/c1-10(19)7-8-18(3)15(20)17-11(2)12-5-6-13(16)14(9-12)21-4/h5-6,9-11,19H,7-8H2,1-4H3,(H,17,20). The molecule has 0 heterocycles. The van der Waals surface area contributed by atoms with E-state index in [1.165, 1.54) is 18.1 Å². The Morgan fingerprint density at radius 2 is 2.14 bits per heavy atom. The summed E-state index contributed by atoms with van der Waals surface area (Å²) in [7, 11) is 3.06. The van der Waals surface area contributed by atoms with E-state index in [1.54, 1.807) is 26.1 Å². The molecule has 2 N–H and O–H groups in total. The minimum atomic E-state index is -0.445. The first-order chi connectivity index (χ1) is 9.85. The van der Waals surface area contributed by atoms with Gasteiger partial charge in [0.25, 0.3) is 0 Å². The molecule has 0 aromatic heterocycles. The predicted octanol–water partition coefficient (Wildman–Crippen LogP) is 2.31. The highest BCUT2D eigenvalue weighted by molar-refractivity contribution is 5.74. The SMILES string of the molecule is COc1cc(C(C)NC(=O)N(C)CCC(C)O)ccc1F. The molecule has 0 aliphatic heterocycles. The Morgan fingerprint density at radius 3 is 2.71 bits per heavy atom. The van der Waals surface area contributed by atoms with Crippen molar-refractivity contribution >= 4 is 6.03 Å². The fourth-order valence-corrected chi connectivity index (χ4v) is 1.81. The first-order valence-corrected chi connectivity index (χ1v) is 6.88. The number of methoxy groups -OCH3 is 1. The zero-order chi connectivity index (χ0) is 16.0. The van der Waals surface area contributed by atoms with Crippen molar-refractivity contribution in [2.75, 3.05) is 20.7 Å². The summed E-state index contributed by atoms with van der Waals surface area (Å²) in [6.45, 7) is 3.95. The van der Waals surface area contributed by atoms with Gasteiger partial charge in [0.1, 0.15) is 0 Å². The van der Waals surface area contributed by atoms with Gasteiger partial charge in [-0.25, -0.2) is 9.18 Å². The molecule has 0 fully saturated rings. The summed E-state index contributed by atoms with van der Waals surface area (Å²) in [4.78, 5) is 13.5. The van der Waals surface area contributed by atoms with Gasteiger partial charge in [-0.15, -0.1) is 0 Å². The normalized spacial score (nSPS) is 13.4. The molecule has 0 aliphatic rings. The smallest absolute Gasteiger partial charge is 0.317 e. The summed E-state index contributed by atoms with van der Waals surface area (Å²) >= 11 is 0. The van der Waals surface area contributed by atoms with Crippen LogP contribution >= 0.6 is 0 Å². The van der Waals surface area contributed by atoms with Gasteiger partial charge in [0.15, 0.2) is 11.6 Å². The van der Waals surface area contributed by atoms with Crippen molar-refractivity contribution in [1.82, 2.24) is 10.2 Å². The van der Waals surface area contributed by atoms with E-state index in [0.717, 1.165) is 5.56 Å². The molecule has 0 radical (unpaired) electrons. The molecular weight excluding hydrogens is 275 g/mol. The third-order valence-electron chi connectivity index (χ3n) is 3.24. The largest absolute Gasteiger partial charge is 0.494 e. The third-order valence-corrected chi connectivity index (χ3v) is 3.24. The van der Waals surface area contributed by atoms with E-state index in [0.29, 0.717) is 13.0 Å². The number of amides is 2. The molecule has 0 bridgehead atoms. The minimum absolute atomic E-state index is 0.149. The van der Waals surface area contributed by atoms with Crippen molar-refractivity contribution in [2.24, 2.45) is 0 Å². The Balaban J connectivity index is 2.63. The summed E-state index contributed by atoms with van der Waals surface area (Å²) in [6.07, 6.45) is 0.0712. The maximum absolute atomic E-state index is 13.4. The molecule has 21 heavy (non-hydrogen) atoms. The van der Waals surface area contributed by atoms with Gasteiger partial charge in [0.05, 0.1) is 19.3 Å². The van der Waals surface area contributed by atoms with Crippen LogP contribution in [0.2, 0.25) is 0 Å². The van der Waals surface area contributed by atoms with Crippen LogP contribution in [0.25, 0.3) is 0 Å². The summed E-state index contributed by atoms with van der Waals surface area (Å²) in [5.41, 5.74) is 0.755. The number of urea groups is 1. The van der Waals surface area contributed by atoms with Crippen LogP contribution in [0.15, 0.2) is 18.2 Å². The number of aliphatic hydroxyl groups is 1. The molecule has 1 rings (SSSR count). The second-order valence-electron chi connectivity index (χ2n) is 5.12. The average molecular weight is 298 g/mol. The molecule has 2 unspecified atom stereocenters. The minimum Gasteiger partial charge on any atom is -0.494 e. The Morgan fingerprint density at radius 1 is 1.48 bits per heavy atom. The monoisotopic (exact) mass is 298 g/mol. The second kappa shape index (κ2) is 7.83. The number of nitrogens with zero attached hydrogens (tertiary/aromatic N) is 1. The van der Waals surface area contributed by atoms with Crippen molar-refractivity contribution in [3.05, 3.63) is 29.6 Å². The molecule has 1 aromatic carbocycles. The average Bonchev–Trinajstić information content (AvgIpc) is 2.44. The van der Waals surface area contributed by atoms with Crippen LogP contribution in [0.5, 0.6) is 5.75 Å². The highest BCUT2D eigenvalue weighted by Gasteiger charge is 2.15. The zero-order valence-corrected chi connectivity index (χ0v) is 12.9. The van der Waals surface area contributed by atoms with Gasteiger partial charge in [0.2, 0.25) is 0 Å². The van der Waals surface area contributed by atoms with Crippen LogP contribution in [-0.2, 0) is 0 Å². The van der Waals surface area contributed by atoms with E-state index >= 15 is 0 Å². The topological polar surface area (TPSA) is 61.8 Å². The number of hydrogen-bond acceptors (Lipinski definition) is 3. The first-order valence-electron chi connectivity index (χ1n) is 6.88. The lowest BCUT2D eigenvalue weighted by Crippen LogP contribution is -2.39. The Kier molecular flexibility index (Phi) is 6.42. The lowest BCUT2D eigenvalue weighted by Gasteiger charge is -2.22. The van der Waals surface area contributed by atoms with Crippen molar-refractivity contribution in [3.8, 4) is 5.75 Å². The van der Waals surface area contributed by atoms with Gasteiger partial charge < -0.3 is 20.1 Å². The molecule has 0 spiro atoms. The predicted molar refractivity (Wildman–Crippen MR) is 78.8 cm³/mol. The summed E-state index contributed by atoms with van der Waals surface area (Å²) in [5.74, 6) is -0.287. The molecule has 5 nitrogen and oxygen atoms in total. The lowest BCUT2D eigenvalue weighted by atomic mass is 10.1. The van der Waals surface area contributed by atoms with Crippen LogP contribution < -0.4 is 10.1 Å². The quantitative estimate of drug-likeness (QED) is 0.847. The molecule has 6 heteroatoms. The third kappa shape index (κ3) is 5.23. The molecule has 2 amide bonds. The van der Waals surface area contributed by atoms with E-state index in [2.05, 4.69) is 5.32 Å². The van der Waals surface area contributed by atoms with Gasteiger partial charge in [0, 0.05) is 13.6 Å². The van der Waals surface area contributed by atoms with Crippen molar-refractivity contribution in [3.63, 3.8) is 0 Å². The van der Waals surface area contributed by atoms with Crippen LogP contribution in [0, 0.1) is 5.82 Å². The molecular formula is C15H23FN2O3. The van der Waals surface area contributed by atoms with Crippen molar-refractivity contribution in [1.29, 1.82) is 0 Å². The van der Waals surface area contributed by atoms with Gasteiger partial charge in [-0.05, 0) is 38.0 Å². The van der Waals surface area contributed by atoms with Crippen LogP contribution in [0.3, 0.4) is 0 Å². The fourth-order valence-electron chi connectivity index (χ4n) is 1.81. The zero-order valence-electron chi connectivity index (χ0n) is 12.9. The summed E-state index contributed by atoms with van der Waals surface area (Å²) in [6, 6.07) is 3.97. The number of aliphatic hydroxyl groups excluding tert-OH is 1. The van der Waals surface area contributed by atoms with Crippen LogP contribution in [0.1, 0.15) is 31.9 Å². The van der Waals surface area contributed by atoms with Gasteiger partial charge in [-0.3, -0.25) is 0 Å². The number of rotatable bonds is 6.